The first kappa shape index (κ1) is 8.27. The fraction of sp³-hybridized carbons (Fsp3) is 0.625. The third-order valence-corrected chi connectivity index (χ3v) is 2.01. The summed E-state index contributed by atoms with van der Waals surface area (Å²) in [5.41, 5.74) is -0.835. The van der Waals surface area contributed by atoms with Crippen molar-refractivity contribution < 1.29 is 15.0 Å². The van der Waals surface area contributed by atoms with Gasteiger partial charge < -0.3 is 10.2 Å². The van der Waals surface area contributed by atoms with Crippen LogP contribution in [0.15, 0.2) is 12.2 Å². The molecule has 0 radical (unpaired) electrons. The Hall–Kier alpha value is -0.830. The molecule has 2 N–H and O–H groups in total. The summed E-state index contributed by atoms with van der Waals surface area (Å²) in [5, 5.41) is 17.9. The highest BCUT2D eigenvalue weighted by Crippen LogP contribution is 2.30. The van der Waals surface area contributed by atoms with E-state index in [4.69, 9.17) is 5.11 Å². The van der Waals surface area contributed by atoms with Crippen molar-refractivity contribution in [2.75, 3.05) is 0 Å². The number of aliphatic hydroxyl groups is 1. The smallest absolute Gasteiger partial charge is 0.328 e. The normalized spacial score (nSPS) is 22.6. The van der Waals surface area contributed by atoms with Crippen molar-refractivity contribution in [1.29, 1.82) is 0 Å². The lowest BCUT2D eigenvalue weighted by Gasteiger charge is -2.15. The molecule has 0 unspecified atom stereocenters. The van der Waals surface area contributed by atoms with Crippen LogP contribution in [0.1, 0.15) is 25.7 Å². The number of aliphatic carboxylic acids is 1. The van der Waals surface area contributed by atoms with E-state index in [2.05, 4.69) is 0 Å². The molecule has 0 atom stereocenters. The van der Waals surface area contributed by atoms with Gasteiger partial charge in [0, 0.05) is 6.08 Å². The Kier molecular flexibility index (Phi) is 2.29. The quantitative estimate of drug-likeness (QED) is 0.585. The van der Waals surface area contributed by atoms with Crippen molar-refractivity contribution in [1.82, 2.24) is 0 Å². The SMILES string of the molecule is O=C(O)/C=C/C1(O)CCCC1. The molecule has 0 bridgehead atoms. The van der Waals surface area contributed by atoms with E-state index in [0.29, 0.717) is 12.8 Å². The number of carboxylic acids is 1. The molecule has 3 nitrogen and oxygen atoms in total. The second-order valence-electron chi connectivity index (χ2n) is 2.98. The molecular formula is C8H12O3. The fourth-order valence-corrected chi connectivity index (χ4v) is 1.38. The molecule has 0 amide bonds. The number of carboxylic acid groups (broad SMARTS) is 1. The van der Waals surface area contributed by atoms with Gasteiger partial charge in [-0.1, -0.05) is 12.8 Å². The van der Waals surface area contributed by atoms with E-state index < -0.39 is 11.6 Å². The average Bonchev–Trinajstić information content (AvgIpc) is 2.33. The van der Waals surface area contributed by atoms with Gasteiger partial charge in [0.1, 0.15) is 0 Å². The molecule has 3 heteroatoms. The first-order valence-corrected chi connectivity index (χ1v) is 3.77. The zero-order valence-corrected chi connectivity index (χ0v) is 6.29. The molecular weight excluding hydrogens is 144 g/mol. The van der Waals surface area contributed by atoms with Gasteiger partial charge in [-0.05, 0) is 18.9 Å². The lowest BCUT2D eigenvalue weighted by Crippen LogP contribution is -2.20. The summed E-state index contributed by atoms with van der Waals surface area (Å²) < 4.78 is 0. The molecule has 11 heavy (non-hydrogen) atoms. The predicted molar refractivity (Wildman–Crippen MR) is 40.2 cm³/mol. The summed E-state index contributed by atoms with van der Waals surface area (Å²) >= 11 is 0. The highest BCUT2D eigenvalue weighted by Gasteiger charge is 2.27. The number of carbonyl (C=O) groups is 1. The van der Waals surface area contributed by atoms with Crippen molar-refractivity contribution in [2.24, 2.45) is 0 Å². The number of hydrogen-bond donors (Lipinski definition) is 2. The van der Waals surface area contributed by atoms with Crippen molar-refractivity contribution in [3.63, 3.8) is 0 Å². The van der Waals surface area contributed by atoms with Crippen LogP contribution in [0, 0.1) is 0 Å². The van der Waals surface area contributed by atoms with Crippen LogP contribution in [0.2, 0.25) is 0 Å². The Balaban J connectivity index is 2.52. The average molecular weight is 156 g/mol. The van der Waals surface area contributed by atoms with Crippen molar-refractivity contribution >= 4 is 5.97 Å². The lowest BCUT2D eigenvalue weighted by molar-refractivity contribution is -0.131. The summed E-state index contributed by atoms with van der Waals surface area (Å²) in [6.07, 6.45) is 5.77. The Bertz CT molecular complexity index is 178. The monoisotopic (exact) mass is 156 g/mol. The third kappa shape index (κ3) is 2.35. The minimum atomic E-state index is -0.995. The van der Waals surface area contributed by atoms with Crippen LogP contribution in [-0.4, -0.2) is 21.8 Å². The highest BCUT2D eigenvalue weighted by molar-refractivity contribution is 5.79. The molecule has 0 spiro atoms. The first-order valence-electron chi connectivity index (χ1n) is 3.77. The third-order valence-electron chi connectivity index (χ3n) is 2.01. The minimum absolute atomic E-state index is 0.691. The Morgan fingerprint density at radius 1 is 1.36 bits per heavy atom. The topological polar surface area (TPSA) is 57.5 Å². The van der Waals surface area contributed by atoms with Gasteiger partial charge in [-0.15, -0.1) is 0 Å². The summed E-state index contributed by atoms with van der Waals surface area (Å²) in [7, 11) is 0. The van der Waals surface area contributed by atoms with Crippen LogP contribution in [-0.2, 0) is 4.79 Å². The molecule has 1 saturated carbocycles. The first-order chi connectivity index (χ1) is 5.12. The van der Waals surface area contributed by atoms with Gasteiger partial charge in [0.25, 0.3) is 0 Å². The van der Waals surface area contributed by atoms with Gasteiger partial charge in [0.2, 0.25) is 0 Å². The zero-order valence-electron chi connectivity index (χ0n) is 6.29. The minimum Gasteiger partial charge on any atom is -0.478 e. The van der Waals surface area contributed by atoms with E-state index in [1.54, 1.807) is 0 Å². The fourth-order valence-electron chi connectivity index (χ4n) is 1.38. The molecule has 1 aliphatic carbocycles. The second kappa shape index (κ2) is 3.05. The largest absolute Gasteiger partial charge is 0.478 e. The van der Waals surface area contributed by atoms with Crippen LogP contribution in [0.4, 0.5) is 0 Å². The van der Waals surface area contributed by atoms with E-state index in [0.717, 1.165) is 18.9 Å². The Morgan fingerprint density at radius 2 is 1.91 bits per heavy atom. The van der Waals surface area contributed by atoms with Gasteiger partial charge in [-0.3, -0.25) is 0 Å². The zero-order chi connectivity index (χ0) is 8.32. The standard InChI is InChI=1S/C8H12O3/c9-7(10)3-6-8(11)4-1-2-5-8/h3,6,11H,1-2,4-5H2,(H,9,10)/b6-3+. The summed E-state index contributed by atoms with van der Waals surface area (Å²) in [5.74, 6) is -0.995. The van der Waals surface area contributed by atoms with Crippen molar-refractivity contribution in [3.8, 4) is 0 Å². The number of rotatable bonds is 2. The van der Waals surface area contributed by atoms with Crippen LogP contribution in [0.5, 0.6) is 0 Å². The molecule has 0 heterocycles. The highest BCUT2D eigenvalue weighted by atomic mass is 16.4. The second-order valence-corrected chi connectivity index (χ2v) is 2.98. The van der Waals surface area contributed by atoms with Gasteiger partial charge in [-0.25, -0.2) is 4.79 Å². The van der Waals surface area contributed by atoms with E-state index in [1.165, 1.54) is 6.08 Å². The van der Waals surface area contributed by atoms with E-state index in [1.807, 2.05) is 0 Å². The van der Waals surface area contributed by atoms with Gasteiger partial charge >= 0.3 is 5.97 Å². The molecule has 62 valence electrons. The Labute approximate surface area is 65.3 Å². The van der Waals surface area contributed by atoms with Crippen LogP contribution >= 0.6 is 0 Å². The molecule has 0 aromatic rings. The van der Waals surface area contributed by atoms with Crippen molar-refractivity contribution in [2.45, 2.75) is 31.3 Å². The van der Waals surface area contributed by atoms with Crippen molar-refractivity contribution in [3.05, 3.63) is 12.2 Å². The summed E-state index contributed by atoms with van der Waals surface area (Å²) in [6, 6.07) is 0. The Morgan fingerprint density at radius 3 is 2.36 bits per heavy atom. The lowest BCUT2D eigenvalue weighted by atomic mass is 10.0. The predicted octanol–water partition coefficient (Wildman–Crippen LogP) is 0.932. The maximum absolute atomic E-state index is 10.1. The number of hydrogen-bond acceptors (Lipinski definition) is 2. The van der Waals surface area contributed by atoms with E-state index in [9.17, 15) is 9.90 Å². The molecule has 1 fully saturated rings. The molecule has 0 aromatic heterocycles. The molecule has 0 aliphatic heterocycles. The molecule has 0 saturated heterocycles. The summed E-state index contributed by atoms with van der Waals surface area (Å²) in [6.45, 7) is 0. The van der Waals surface area contributed by atoms with Crippen LogP contribution < -0.4 is 0 Å². The van der Waals surface area contributed by atoms with E-state index in [-0.39, 0.29) is 0 Å². The van der Waals surface area contributed by atoms with Gasteiger partial charge in [0.15, 0.2) is 0 Å². The molecule has 1 aliphatic rings. The van der Waals surface area contributed by atoms with Gasteiger partial charge in [0.05, 0.1) is 5.60 Å². The summed E-state index contributed by atoms with van der Waals surface area (Å²) in [4.78, 5) is 10.1. The maximum atomic E-state index is 10.1. The van der Waals surface area contributed by atoms with E-state index >= 15 is 0 Å². The maximum Gasteiger partial charge on any atom is 0.328 e. The molecule has 0 aromatic carbocycles. The van der Waals surface area contributed by atoms with Crippen LogP contribution in [0.25, 0.3) is 0 Å². The van der Waals surface area contributed by atoms with Gasteiger partial charge in [-0.2, -0.15) is 0 Å². The van der Waals surface area contributed by atoms with Crippen LogP contribution in [0.3, 0.4) is 0 Å². The molecule has 1 rings (SSSR count).